The second kappa shape index (κ2) is 4.49. The SMILES string of the molecule is NC(=O)c1[c]cc(Oc2ccccc2)cc1. The van der Waals surface area contributed by atoms with Gasteiger partial charge in [0.25, 0.3) is 0 Å². The molecule has 0 bridgehead atoms. The Morgan fingerprint density at radius 3 is 2.38 bits per heavy atom. The average molecular weight is 212 g/mol. The molecule has 2 rings (SSSR count). The van der Waals surface area contributed by atoms with Crippen LogP contribution >= 0.6 is 0 Å². The van der Waals surface area contributed by atoms with E-state index in [2.05, 4.69) is 6.07 Å². The molecule has 2 aromatic rings. The molecule has 0 aliphatic heterocycles. The lowest BCUT2D eigenvalue weighted by Crippen LogP contribution is -2.10. The van der Waals surface area contributed by atoms with Gasteiger partial charge in [0.15, 0.2) is 0 Å². The Bertz CT molecular complexity index is 477. The fourth-order valence-electron chi connectivity index (χ4n) is 1.25. The van der Waals surface area contributed by atoms with Crippen molar-refractivity contribution in [3.8, 4) is 11.5 Å². The van der Waals surface area contributed by atoms with Gasteiger partial charge in [0, 0.05) is 5.56 Å². The summed E-state index contributed by atoms with van der Waals surface area (Å²) < 4.78 is 5.53. The van der Waals surface area contributed by atoms with Crippen LogP contribution in [0, 0.1) is 6.07 Å². The predicted molar refractivity (Wildman–Crippen MR) is 60.3 cm³/mol. The normalized spacial score (nSPS) is 9.75. The maximum absolute atomic E-state index is 10.8. The summed E-state index contributed by atoms with van der Waals surface area (Å²) in [5, 5.41) is 0. The highest BCUT2D eigenvalue weighted by Gasteiger charge is 2.01. The molecule has 0 aliphatic rings. The Kier molecular flexibility index (Phi) is 2.87. The molecule has 0 fully saturated rings. The average Bonchev–Trinajstić information content (AvgIpc) is 2.31. The molecule has 1 amide bonds. The molecular weight excluding hydrogens is 202 g/mol. The first-order chi connectivity index (χ1) is 7.75. The third-order valence-electron chi connectivity index (χ3n) is 2.03. The molecule has 2 aromatic carbocycles. The van der Waals surface area contributed by atoms with Gasteiger partial charge in [-0.05, 0) is 36.4 Å². The summed E-state index contributed by atoms with van der Waals surface area (Å²) in [4.78, 5) is 10.8. The Balaban J connectivity index is 2.14. The topological polar surface area (TPSA) is 52.3 Å². The summed E-state index contributed by atoms with van der Waals surface area (Å²) in [6, 6.07) is 17.0. The number of hydrogen-bond acceptors (Lipinski definition) is 2. The van der Waals surface area contributed by atoms with Crippen LogP contribution in [0.15, 0.2) is 48.5 Å². The number of carbonyl (C=O) groups is 1. The number of hydrogen-bond donors (Lipinski definition) is 1. The largest absolute Gasteiger partial charge is 0.457 e. The number of amides is 1. The summed E-state index contributed by atoms with van der Waals surface area (Å²) >= 11 is 0. The lowest BCUT2D eigenvalue weighted by atomic mass is 10.2. The number of nitrogens with two attached hydrogens (primary N) is 1. The van der Waals surface area contributed by atoms with E-state index in [1.165, 1.54) is 0 Å². The van der Waals surface area contributed by atoms with Gasteiger partial charge in [0.05, 0.1) is 0 Å². The van der Waals surface area contributed by atoms with Gasteiger partial charge in [-0.15, -0.1) is 0 Å². The summed E-state index contributed by atoms with van der Waals surface area (Å²) in [5.74, 6) is 0.866. The van der Waals surface area contributed by atoms with E-state index in [1.807, 2.05) is 30.3 Å². The van der Waals surface area contributed by atoms with E-state index >= 15 is 0 Å². The highest BCUT2D eigenvalue weighted by atomic mass is 16.5. The van der Waals surface area contributed by atoms with Gasteiger partial charge in [-0.3, -0.25) is 4.79 Å². The van der Waals surface area contributed by atoms with Crippen LogP contribution in [0.25, 0.3) is 0 Å². The van der Waals surface area contributed by atoms with Crippen molar-refractivity contribution in [2.45, 2.75) is 0 Å². The van der Waals surface area contributed by atoms with Gasteiger partial charge in [0.1, 0.15) is 11.5 Å². The third-order valence-corrected chi connectivity index (χ3v) is 2.03. The molecule has 0 saturated carbocycles. The van der Waals surface area contributed by atoms with Crippen molar-refractivity contribution in [3.05, 3.63) is 60.2 Å². The highest BCUT2D eigenvalue weighted by molar-refractivity contribution is 5.92. The van der Waals surface area contributed by atoms with Crippen LogP contribution in [-0.4, -0.2) is 5.91 Å². The smallest absolute Gasteiger partial charge is 0.249 e. The van der Waals surface area contributed by atoms with Crippen molar-refractivity contribution in [1.29, 1.82) is 0 Å². The molecule has 0 aromatic heterocycles. The summed E-state index contributed by atoms with van der Waals surface area (Å²) in [6.07, 6.45) is 0. The van der Waals surface area contributed by atoms with Gasteiger partial charge >= 0.3 is 0 Å². The van der Waals surface area contributed by atoms with Gasteiger partial charge in [-0.2, -0.15) is 0 Å². The number of benzene rings is 2. The van der Waals surface area contributed by atoms with Crippen molar-refractivity contribution >= 4 is 5.91 Å². The van der Waals surface area contributed by atoms with Crippen LogP contribution in [0.2, 0.25) is 0 Å². The van der Waals surface area contributed by atoms with E-state index < -0.39 is 5.91 Å². The van der Waals surface area contributed by atoms with Crippen LogP contribution < -0.4 is 10.5 Å². The molecule has 0 saturated heterocycles. The van der Waals surface area contributed by atoms with Gasteiger partial charge in [0.2, 0.25) is 5.91 Å². The number of primary amides is 1. The van der Waals surface area contributed by atoms with Crippen LogP contribution in [0.3, 0.4) is 0 Å². The molecule has 16 heavy (non-hydrogen) atoms. The molecule has 0 heterocycles. The first-order valence-corrected chi connectivity index (χ1v) is 4.80. The number of ether oxygens (including phenoxy) is 1. The molecule has 0 spiro atoms. The zero-order chi connectivity index (χ0) is 11.4. The van der Waals surface area contributed by atoms with E-state index in [0.717, 1.165) is 5.75 Å². The summed E-state index contributed by atoms with van der Waals surface area (Å²) in [6.45, 7) is 0. The second-order valence-corrected chi connectivity index (χ2v) is 3.22. The maximum atomic E-state index is 10.8. The molecule has 0 aliphatic carbocycles. The number of para-hydroxylation sites is 1. The van der Waals surface area contributed by atoms with E-state index in [4.69, 9.17) is 10.5 Å². The van der Waals surface area contributed by atoms with Gasteiger partial charge in [-0.1, -0.05) is 18.2 Å². The summed E-state index contributed by atoms with van der Waals surface area (Å²) in [5.41, 5.74) is 5.45. The zero-order valence-electron chi connectivity index (χ0n) is 8.51. The molecule has 3 heteroatoms. The lowest BCUT2D eigenvalue weighted by Gasteiger charge is -2.04. The predicted octanol–water partition coefficient (Wildman–Crippen LogP) is 2.38. The standard InChI is InChI=1S/C13H10NO2/c14-13(15)10-6-8-12(9-7-10)16-11-4-2-1-3-5-11/h1-6,8-9H,(H2,14,15). The van der Waals surface area contributed by atoms with Gasteiger partial charge in [-0.25, -0.2) is 0 Å². The first-order valence-electron chi connectivity index (χ1n) is 4.80. The van der Waals surface area contributed by atoms with Crippen molar-refractivity contribution in [2.75, 3.05) is 0 Å². The fourth-order valence-corrected chi connectivity index (χ4v) is 1.25. The second-order valence-electron chi connectivity index (χ2n) is 3.22. The number of carbonyl (C=O) groups excluding carboxylic acids is 1. The lowest BCUT2D eigenvalue weighted by molar-refractivity contribution is 0.1000. The maximum Gasteiger partial charge on any atom is 0.249 e. The van der Waals surface area contributed by atoms with E-state index in [-0.39, 0.29) is 0 Å². The quantitative estimate of drug-likeness (QED) is 0.849. The van der Waals surface area contributed by atoms with Gasteiger partial charge < -0.3 is 10.5 Å². The molecule has 1 radical (unpaired) electrons. The van der Waals surface area contributed by atoms with E-state index in [1.54, 1.807) is 18.2 Å². The van der Waals surface area contributed by atoms with Crippen LogP contribution in [-0.2, 0) is 0 Å². The highest BCUT2D eigenvalue weighted by Crippen LogP contribution is 2.20. The molecule has 79 valence electrons. The monoisotopic (exact) mass is 212 g/mol. The Hall–Kier alpha value is -2.29. The Morgan fingerprint density at radius 2 is 1.81 bits per heavy atom. The van der Waals surface area contributed by atoms with E-state index in [0.29, 0.717) is 11.3 Å². The molecular formula is C13H10NO2. The van der Waals surface area contributed by atoms with Crippen molar-refractivity contribution in [3.63, 3.8) is 0 Å². The zero-order valence-corrected chi connectivity index (χ0v) is 8.51. The molecule has 0 unspecified atom stereocenters. The van der Waals surface area contributed by atoms with Crippen molar-refractivity contribution < 1.29 is 9.53 Å². The Labute approximate surface area is 93.5 Å². The van der Waals surface area contributed by atoms with Crippen LogP contribution in [0.1, 0.15) is 10.4 Å². The third kappa shape index (κ3) is 2.39. The van der Waals surface area contributed by atoms with E-state index in [9.17, 15) is 4.79 Å². The fraction of sp³-hybridized carbons (Fsp3) is 0. The Morgan fingerprint density at radius 1 is 1.06 bits per heavy atom. The van der Waals surface area contributed by atoms with Crippen molar-refractivity contribution in [1.82, 2.24) is 0 Å². The van der Waals surface area contributed by atoms with Crippen molar-refractivity contribution in [2.24, 2.45) is 5.73 Å². The molecule has 3 nitrogen and oxygen atoms in total. The molecule has 0 atom stereocenters. The van der Waals surface area contributed by atoms with Crippen LogP contribution in [0.5, 0.6) is 11.5 Å². The number of rotatable bonds is 3. The van der Waals surface area contributed by atoms with Crippen LogP contribution in [0.4, 0.5) is 0 Å². The summed E-state index contributed by atoms with van der Waals surface area (Å²) in [7, 11) is 0. The molecule has 2 N–H and O–H groups in total. The minimum atomic E-state index is -0.494. The minimum Gasteiger partial charge on any atom is -0.457 e. The first kappa shape index (κ1) is 10.2. The minimum absolute atomic E-state index is 0.348.